The summed E-state index contributed by atoms with van der Waals surface area (Å²) >= 11 is 0. The SMILES string of the molecule is O=C(NC1CCN(Cc2ccccc2)CC1)NC(Cc1c[nH]c2ccccc12)C(=O)CCc1cc(C(F)(F)F)cc(C(F)(F)F)c1. The molecule has 46 heavy (non-hydrogen) atoms. The molecule has 0 aliphatic carbocycles. The van der Waals surface area contributed by atoms with Gasteiger partial charge in [0, 0.05) is 55.6 Å². The minimum Gasteiger partial charge on any atom is -0.361 e. The number of nitrogens with zero attached hydrogens (tertiary/aromatic N) is 1. The maximum Gasteiger partial charge on any atom is 0.416 e. The van der Waals surface area contributed by atoms with Crippen molar-refractivity contribution < 1.29 is 35.9 Å². The number of aryl methyl sites for hydroxylation is 1. The second-order valence-corrected chi connectivity index (χ2v) is 11.7. The number of nitrogens with one attached hydrogen (secondary N) is 3. The normalized spacial score (nSPS) is 15.5. The molecule has 0 saturated carbocycles. The summed E-state index contributed by atoms with van der Waals surface area (Å²) in [6.07, 6.45) is -7.50. The van der Waals surface area contributed by atoms with Gasteiger partial charge in [-0.05, 0) is 60.2 Å². The molecule has 1 aliphatic rings. The first-order valence-corrected chi connectivity index (χ1v) is 15.0. The Morgan fingerprint density at radius 1 is 0.848 bits per heavy atom. The Hall–Kier alpha value is -4.32. The number of para-hydroxylation sites is 1. The molecule has 5 rings (SSSR count). The van der Waals surface area contributed by atoms with Crippen LogP contribution in [0, 0.1) is 0 Å². The molecule has 12 heteroatoms. The predicted molar refractivity (Wildman–Crippen MR) is 162 cm³/mol. The van der Waals surface area contributed by atoms with Gasteiger partial charge in [-0.15, -0.1) is 0 Å². The third-order valence-corrected chi connectivity index (χ3v) is 8.27. The quantitative estimate of drug-likeness (QED) is 0.159. The fourth-order valence-electron chi connectivity index (χ4n) is 5.83. The summed E-state index contributed by atoms with van der Waals surface area (Å²) < 4.78 is 80.2. The molecule has 2 heterocycles. The molecule has 3 N–H and O–H groups in total. The summed E-state index contributed by atoms with van der Waals surface area (Å²) in [4.78, 5) is 32.0. The summed E-state index contributed by atoms with van der Waals surface area (Å²) in [5.41, 5.74) is -0.390. The number of aromatic nitrogens is 1. The zero-order valence-corrected chi connectivity index (χ0v) is 24.8. The first-order chi connectivity index (χ1) is 21.8. The summed E-state index contributed by atoms with van der Waals surface area (Å²) in [6, 6.07) is 17.0. The highest BCUT2D eigenvalue weighted by Gasteiger charge is 2.37. The Bertz CT molecular complexity index is 1610. The molecule has 6 nitrogen and oxygen atoms in total. The van der Waals surface area contributed by atoms with Crippen molar-refractivity contribution in [1.29, 1.82) is 0 Å². The van der Waals surface area contributed by atoms with Crippen molar-refractivity contribution in [2.24, 2.45) is 0 Å². The molecule has 1 unspecified atom stereocenters. The lowest BCUT2D eigenvalue weighted by atomic mass is 9.96. The Labute approximate surface area is 262 Å². The number of aromatic amines is 1. The van der Waals surface area contributed by atoms with Crippen LogP contribution >= 0.6 is 0 Å². The standard InChI is InChI=1S/C34H34F6N4O2/c35-33(36,37)25-16-23(17-26(19-25)34(38,39)40)10-11-31(45)30(18-24-20-41-29-9-5-4-8-28(24)29)43-32(46)42-27-12-14-44(15-13-27)21-22-6-2-1-3-7-22/h1-9,16-17,19-20,27,30,41H,10-15,18,21H2,(H2,42,43,46). The number of carbonyl (C=O) groups excluding carboxylic acids is 2. The van der Waals surface area contributed by atoms with Gasteiger partial charge >= 0.3 is 18.4 Å². The van der Waals surface area contributed by atoms with Crippen LogP contribution in [0.4, 0.5) is 31.1 Å². The van der Waals surface area contributed by atoms with Gasteiger partial charge in [-0.2, -0.15) is 26.3 Å². The van der Waals surface area contributed by atoms with Crippen molar-refractivity contribution >= 4 is 22.7 Å². The van der Waals surface area contributed by atoms with E-state index in [9.17, 15) is 35.9 Å². The molecule has 1 aromatic heterocycles. The number of halogens is 6. The molecule has 1 fully saturated rings. The van der Waals surface area contributed by atoms with Crippen molar-refractivity contribution in [3.63, 3.8) is 0 Å². The molecule has 0 bridgehead atoms. The summed E-state index contributed by atoms with van der Waals surface area (Å²) in [5.74, 6) is -0.510. The highest BCUT2D eigenvalue weighted by Crippen LogP contribution is 2.36. The first-order valence-electron chi connectivity index (χ1n) is 15.0. The average Bonchev–Trinajstić information content (AvgIpc) is 3.42. The molecular formula is C34H34F6N4O2. The molecule has 3 aromatic carbocycles. The number of ketones is 1. The third kappa shape index (κ3) is 8.68. The van der Waals surface area contributed by atoms with Gasteiger partial charge in [0.05, 0.1) is 17.2 Å². The number of hydrogen-bond donors (Lipinski definition) is 3. The highest BCUT2D eigenvalue weighted by atomic mass is 19.4. The van der Waals surface area contributed by atoms with E-state index in [0.717, 1.165) is 36.1 Å². The Morgan fingerprint density at radius 3 is 2.13 bits per heavy atom. The zero-order valence-electron chi connectivity index (χ0n) is 24.8. The van der Waals surface area contributed by atoms with Crippen LogP contribution < -0.4 is 10.6 Å². The number of Topliss-reactive ketones (excluding diaryl/α,β-unsaturated/α-hetero) is 1. The topological polar surface area (TPSA) is 77.2 Å². The van der Waals surface area contributed by atoms with Crippen molar-refractivity contribution in [2.75, 3.05) is 13.1 Å². The Morgan fingerprint density at radius 2 is 1.48 bits per heavy atom. The van der Waals surface area contributed by atoms with E-state index in [4.69, 9.17) is 0 Å². The summed E-state index contributed by atoms with van der Waals surface area (Å²) in [7, 11) is 0. The van der Waals surface area contributed by atoms with Crippen LogP contribution in [0.25, 0.3) is 10.9 Å². The molecule has 1 aliphatic heterocycles. The summed E-state index contributed by atoms with van der Waals surface area (Å²) in [5, 5.41) is 6.51. The lowest BCUT2D eigenvalue weighted by molar-refractivity contribution is -0.143. The second kappa shape index (κ2) is 14.0. The smallest absolute Gasteiger partial charge is 0.361 e. The largest absolute Gasteiger partial charge is 0.416 e. The van der Waals surface area contributed by atoms with Gasteiger partial charge in [0.1, 0.15) is 0 Å². The van der Waals surface area contributed by atoms with E-state index in [2.05, 4.69) is 32.7 Å². The van der Waals surface area contributed by atoms with E-state index in [1.165, 1.54) is 5.56 Å². The number of urea groups is 1. The van der Waals surface area contributed by atoms with Crippen LogP contribution in [0.5, 0.6) is 0 Å². The number of likely N-dealkylation sites (tertiary alicyclic amines) is 1. The third-order valence-electron chi connectivity index (χ3n) is 8.27. The van der Waals surface area contributed by atoms with Crippen molar-refractivity contribution in [3.05, 3.63) is 107 Å². The molecule has 1 atom stereocenters. The zero-order chi connectivity index (χ0) is 32.9. The fraction of sp³-hybridized carbons (Fsp3) is 0.353. The molecule has 0 spiro atoms. The minimum absolute atomic E-state index is 0.0587. The number of fused-ring (bicyclic) bond motifs is 1. The molecule has 1 saturated heterocycles. The average molecular weight is 645 g/mol. The van der Waals surface area contributed by atoms with E-state index in [1.54, 1.807) is 6.20 Å². The van der Waals surface area contributed by atoms with Gasteiger partial charge in [0.25, 0.3) is 0 Å². The van der Waals surface area contributed by atoms with E-state index in [0.29, 0.717) is 25.0 Å². The Balaban J connectivity index is 1.26. The maximum absolute atomic E-state index is 13.5. The molecule has 2 amide bonds. The molecule has 4 aromatic rings. The van der Waals surface area contributed by atoms with E-state index >= 15 is 0 Å². The van der Waals surface area contributed by atoms with Crippen LogP contribution in [0.3, 0.4) is 0 Å². The van der Waals surface area contributed by atoms with Gasteiger partial charge in [-0.25, -0.2) is 4.79 Å². The van der Waals surface area contributed by atoms with Crippen LogP contribution in [0.2, 0.25) is 0 Å². The molecule has 244 valence electrons. The van der Waals surface area contributed by atoms with E-state index < -0.39 is 41.3 Å². The number of H-pyrrole nitrogens is 1. The molecule has 0 radical (unpaired) electrons. The van der Waals surface area contributed by atoms with Gasteiger partial charge in [0.2, 0.25) is 0 Å². The van der Waals surface area contributed by atoms with Crippen molar-refractivity contribution in [3.8, 4) is 0 Å². The number of piperidine rings is 1. The highest BCUT2D eigenvalue weighted by molar-refractivity contribution is 5.90. The van der Waals surface area contributed by atoms with Gasteiger partial charge in [0.15, 0.2) is 5.78 Å². The minimum atomic E-state index is -4.99. The lowest BCUT2D eigenvalue weighted by Gasteiger charge is -2.32. The maximum atomic E-state index is 13.5. The number of carbonyl (C=O) groups is 2. The van der Waals surface area contributed by atoms with Crippen LogP contribution in [0.15, 0.2) is 79.0 Å². The van der Waals surface area contributed by atoms with Gasteiger partial charge in [-0.1, -0.05) is 48.5 Å². The predicted octanol–water partition coefficient (Wildman–Crippen LogP) is 7.28. The van der Waals surface area contributed by atoms with Gasteiger partial charge in [-0.3, -0.25) is 9.69 Å². The number of benzene rings is 3. The lowest BCUT2D eigenvalue weighted by Crippen LogP contribution is -2.52. The van der Waals surface area contributed by atoms with Crippen LogP contribution in [-0.4, -0.2) is 46.9 Å². The first kappa shape index (κ1) is 33.1. The van der Waals surface area contributed by atoms with Crippen LogP contribution in [-0.2, 0) is 36.5 Å². The van der Waals surface area contributed by atoms with Gasteiger partial charge < -0.3 is 15.6 Å². The monoisotopic (exact) mass is 644 g/mol. The number of amides is 2. The van der Waals surface area contributed by atoms with E-state index in [1.807, 2.05) is 42.5 Å². The van der Waals surface area contributed by atoms with Crippen molar-refractivity contribution in [2.45, 2.75) is 63.1 Å². The number of rotatable bonds is 10. The second-order valence-electron chi connectivity index (χ2n) is 11.7. The summed E-state index contributed by atoms with van der Waals surface area (Å²) in [6.45, 7) is 2.35. The Kier molecular flexibility index (Phi) is 10.0. The van der Waals surface area contributed by atoms with E-state index in [-0.39, 0.29) is 36.9 Å². The number of hydrogen-bond acceptors (Lipinski definition) is 3. The number of alkyl halides is 6. The van der Waals surface area contributed by atoms with Crippen molar-refractivity contribution in [1.82, 2.24) is 20.5 Å². The molecular weight excluding hydrogens is 610 g/mol. The fourth-order valence-corrected chi connectivity index (χ4v) is 5.83. The van der Waals surface area contributed by atoms with Crippen LogP contribution in [0.1, 0.15) is 47.1 Å².